The Bertz CT molecular complexity index is 831. The second kappa shape index (κ2) is 8.80. The highest BCUT2D eigenvalue weighted by molar-refractivity contribution is 5.79. The van der Waals surface area contributed by atoms with Crippen LogP contribution in [0.2, 0.25) is 0 Å². The number of nitrogens with one attached hydrogen (secondary N) is 1. The van der Waals surface area contributed by atoms with Crippen molar-refractivity contribution in [1.82, 2.24) is 20.0 Å². The molecule has 154 valence electrons. The summed E-state index contributed by atoms with van der Waals surface area (Å²) in [7, 11) is 0. The zero-order valence-corrected chi connectivity index (χ0v) is 17.1. The van der Waals surface area contributed by atoms with Crippen LogP contribution in [0.3, 0.4) is 0 Å². The molecule has 29 heavy (non-hydrogen) atoms. The van der Waals surface area contributed by atoms with Gasteiger partial charge in [0.2, 0.25) is 11.8 Å². The minimum absolute atomic E-state index is 0.171. The molecule has 2 unspecified atom stereocenters. The third-order valence-corrected chi connectivity index (χ3v) is 6.43. The maximum Gasteiger partial charge on any atom is 0.228 e. The predicted octanol–water partition coefficient (Wildman–Crippen LogP) is 2.59. The Balaban J connectivity index is 1.29. The van der Waals surface area contributed by atoms with Gasteiger partial charge in [0.15, 0.2) is 0 Å². The monoisotopic (exact) mass is 394 g/mol. The highest BCUT2D eigenvalue weighted by atomic mass is 16.2. The van der Waals surface area contributed by atoms with Crippen LogP contribution in [-0.4, -0.2) is 58.0 Å². The van der Waals surface area contributed by atoms with Gasteiger partial charge in [0.1, 0.15) is 0 Å². The molecular formula is C23H30N4O2. The molecule has 6 heteroatoms. The molecule has 0 saturated carbocycles. The molecule has 0 spiro atoms. The number of nitrogens with zero attached hydrogens (tertiary/aromatic N) is 3. The van der Waals surface area contributed by atoms with E-state index < -0.39 is 0 Å². The molecule has 2 amide bonds. The number of likely N-dealkylation sites (tertiary alicyclic amines) is 2. The van der Waals surface area contributed by atoms with Gasteiger partial charge in [0.05, 0.1) is 12.8 Å². The summed E-state index contributed by atoms with van der Waals surface area (Å²) in [6.45, 7) is 5.39. The van der Waals surface area contributed by atoms with Crippen LogP contribution >= 0.6 is 0 Å². The molecule has 0 radical (unpaired) electrons. The van der Waals surface area contributed by atoms with Gasteiger partial charge < -0.3 is 9.80 Å². The smallest absolute Gasteiger partial charge is 0.228 e. The molecule has 2 atom stereocenters. The Kier molecular flexibility index (Phi) is 5.97. The second-order valence-electron chi connectivity index (χ2n) is 8.55. The molecule has 2 aromatic rings. The lowest BCUT2D eigenvalue weighted by atomic mass is 9.84. The first-order valence-electron chi connectivity index (χ1n) is 10.7. The van der Waals surface area contributed by atoms with Crippen molar-refractivity contribution in [2.24, 2.45) is 11.8 Å². The Morgan fingerprint density at radius 1 is 0.966 bits per heavy atom. The molecule has 2 saturated heterocycles. The Labute approximate surface area is 172 Å². The second-order valence-corrected chi connectivity index (χ2v) is 8.55. The van der Waals surface area contributed by atoms with Crippen LogP contribution in [0.5, 0.6) is 0 Å². The summed E-state index contributed by atoms with van der Waals surface area (Å²) < 4.78 is 0. The van der Waals surface area contributed by atoms with Gasteiger partial charge in [-0.15, -0.1) is 0 Å². The van der Waals surface area contributed by atoms with Gasteiger partial charge in [0.25, 0.3) is 0 Å². The summed E-state index contributed by atoms with van der Waals surface area (Å²) >= 11 is 0. The van der Waals surface area contributed by atoms with Gasteiger partial charge >= 0.3 is 0 Å². The molecule has 1 aromatic heterocycles. The zero-order chi connectivity index (χ0) is 20.2. The zero-order valence-electron chi connectivity index (χ0n) is 17.1. The molecule has 2 fully saturated rings. The van der Waals surface area contributed by atoms with Crippen molar-refractivity contribution in [1.29, 1.82) is 0 Å². The van der Waals surface area contributed by atoms with Crippen LogP contribution in [0.4, 0.5) is 0 Å². The molecule has 1 aromatic carbocycles. The maximum atomic E-state index is 12.7. The molecule has 1 N–H and O–H groups in total. The van der Waals surface area contributed by atoms with Gasteiger partial charge in [-0.3, -0.25) is 14.7 Å². The summed E-state index contributed by atoms with van der Waals surface area (Å²) in [4.78, 5) is 29.4. The van der Waals surface area contributed by atoms with Crippen LogP contribution in [0.1, 0.15) is 36.1 Å². The lowest BCUT2D eigenvalue weighted by Crippen LogP contribution is -2.43. The first-order chi connectivity index (χ1) is 14.1. The van der Waals surface area contributed by atoms with E-state index in [1.54, 1.807) is 6.20 Å². The normalized spacial score (nSPS) is 22.1. The van der Waals surface area contributed by atoms with Crippen molar-refractivity contribution >= 4 is 11.8 Å². The van der Waals surface area contributed by atoms with Crippen molar-refractivity contribution < 1.29 is 9.59 Å². The van der Waals surface area contributed by atoms with E-state index in [0.29, 0.717) is 24.7 Å². The van der Waals surface area contributed by atoms with Crippen LogP contribution in [-0.2, 0) is 22.4 Å². The van der Waals surface area contributed by atoms with E-state index in [9.17, 15) is 9.59 Å². The van der Waals surface area contributed by atoms with E-state index in [1.165, 1.54) is 5.56 Å². The number of aromatic amines is 1. The summed E-state index contributed by atoms with van der Waals surface area (Å²) in [6.07, 6.45) is 5.80. The third-order valence-electron chi connectivity index (χ3n) is 6.43. The largest absolute Gasteiger partial charge is 0.342 e. The fraction of sp³-hybridized carbons (Fsp3) is 0.522. The van der Waals surface area contributed by atoms with E-state index in [2.05, 4.69) is 29.3 Å². The average molecular weight is 395 g/mol. The van der Waals surface area contributed by atoms with Gasteiger partial charge in [0, 0.05) is 38.1 Å². The minimum atomic E-state index is 0.171. The van der Waals surface area contributed by atoms with E-state index in [4.69, 9.17) is 0 Å². The van der Waals surface area contributed by atoms with Crippen LogP contribution in [0, 0.1) is 18.8 Å². The molecule has 6 nitrogen and oxygen atoms in total. The predicted molar refractivity (Wildman–Crippen MR) is 111 cm³/mol. The third kappa shape index (κ3) is 4.86. The molecule has 4 rings (SSSR count). The quantitative estimate of drug-likeness (QED) is 0.847. The lowest BCUT2D eigenvalue weighted by Gasteiger charge is -2.35. The van der Waals surface area contributed by atoms with Crippen molar-refractivity contribution in [3.8, 4) is 0 Å². The Morgan fingerprint density at radius 2 is 1.66 bits per heavy atom. The first kappa shape index (κ1) is 19.7. The van der Waals surface area contributed by atoms with E-state index in [0.717, 1.165) is 56.7 Å². The number of carbonyl (C=O) groups excluding carboxylic acids is 2. The van der Waals surface area contributed by atoms with Gasteiger partial charge in [-0.25, -0.2) is 0 Å². The van der Waals surface area contributed by atoms with Crippen LogP contribution in [0.15, 0.2) is 36.5 Å². The molecular weight excluding hydrogens is 364 g/mol. The standard InChI is InChI=1S/C23H30N4O2/c1-17-4-6-18(7-5-17)13-22(28)27-12-9-20(16-27)19-3-2-11-26(15-19)23(29)14-21-8-10-24-25-21/h4-8,10,19-20H,2-3,9,11-16H2,1H3,(H,24,25). The van der Waals surface area contributed by atoms with Crippen molar-refractivity contribution in [2.75, 3.05) is 26.2 Å². The Hall–Kier alpha value is -2.63. The number of hydrogen-bond acceptors (Lipinski definition) is 3. The highest BCUT2D eigenvalue weighted by Gasteiger charge is 2.35. The number of aromatic nitrogens is 2. The van der Waals surface area contributed by atoms with Crippen molar-refractivity contribution in [3.63, 3.8) is 0 Å². The van der Waals surface area contributed by atoms with Gasteiger partial charge in [-0.05, 0) is 49.7 Å². The number of carbonyl (C=O) groups is 2. The number of aryl methyl sites for hydroxylation is 1. The summed E-state index contributed by atoms with van der Waals surface area (Å²) in [6, 6.07) is 10.1. The number of benzene rings is 1. The molecule has 3 heterocycles. The van der Waals surface area contributed by atoms with Gasteiger partial charge in [-0.2, -0.15) is 5.10 Å². The van der Waals surface area contributed by atoms with Gasteiger partial charge in [-0.1, -0.05) is 29.8 Å². The number of rotatable bonds is 5. The molecule has 2 aliphatic heterocycles. The van der Waals surface area contributed by atoms with Crippen molar-refractivity contribution in [2.45, 2.75) is 39.0 Å². The number of amides is 2. The lowest BCUT2D eigenvalue weighted by molar-refractivity contribution is -0.133. The number of H-pyrrole nitrogens is 1. The van der Waals surface area contributed by atoms with Crippen LogP contribution < -0.4 is 0 Å². The maximum absolute atomic E-state index is 12.7. The Morgan fingerprint density at radius 3 is 2.38 bits per heavy atom. The average Bonchev–Trinajstić information content (AvgIpc) is 3.42. The SMILES string of the molecule is Cc1ccc(CC(=O)N2CCC(C3CCCN(C(=O)Cc4ccn[nH]4)C3)C2)cc1. The number of hydrogen-bond donors (Lipinski definition) is 1. The van der Waals surface area contributed by atoms with E-state index >= 15 is 0 Å². The summed E-state index contributed by atoms with van der Waals surface area (Å²) in [5.74, 6) is 1.38. The summed E-state index contributed by atoms with van der Waals surface area (Å²) in [5, 5.41) is 6.80. The highest BCUT2D eigenvalue weighted by Crippen LogP contribution is 2.31. The van der Waals surface area contributed by atoms with E-state index in [-0.39, 0.29) is 11.8 Å². The molecule has 0 bridgehead atoms. The van der Waals surface area contributed by atoms with Crippen LogP contribution in [0.25, 0.3) is 0 Å². The topological polar surface area (TPSA) is 69.3 Å². The fourth-order valence-electron chi connectivity index (χ4n) is 4.67. The molecule has 0 aliphatic carbocycles. The summed E-state index contributed by atoms with van der Waals surface area (Å²) in [5.41, 5.74) is 3.16. The minimum Gasteiger partial charge on any atom is -0.342 e. The van der Waals surface area contributed by atoms with Crippen molar-refractivity contribution in [3.05, 3.63) is 53.3 Å². The van der Waals surface area contributed by atoms with E-state index in [1.807, 2.05) is 28.0 Å². The number of piperidine rings is 1. The first-order valence-corrected chi connectivity index (χ1v) is 10.7. The fourth-order valence-corrected chi connectivity index (χ4v) is 4.67. The molecule has 2 aliphatic rings.